The maximum absolute atomic E-state index is 12.5. The molecule has 0 bridgehead atoms. The lowest BCUT2D eigenvalue weighted by Gasteiger charge is -2.15. The summed E-state index contributed by atoms with van der Waals surface area (Å²) in [6, 6.07) is 8.85. The van der Waals surface area contributed by atoms with Gasteiger partial charge in [0.05, 0.1) is 4.91 Å². The monoisotopic (exact) mass is 438 g/mol. The first-order chi connectivity index (χ1) is 11.5. The SMILES string of the molecule is Cc1ccsc1/C=C1/SC(=S)N(NC(=O)c2ccc(Br)cc2)C1=O. The molecule has 3 rings (SSSR count). The van der Waals surface area contributed by atoms with Crippen LogP contribution in [0, 0.1) is 6.92 Å². The lowest BCUT2D eigenvalue weighted by molar-refractivity contribution is -0.123. The van der Waals surface area contributed by atoms with Gasteiger partial charge in [0.2, 0.25) is 0 Å². The van der Waals surface area contributed by atoms with Gasteiger partial charge in [0.1, 0.15) is 0 Å². The average Bonchev–Trinajstić information content (AvgIpc) is 3.07. The number of carbonyl (C=O) groups is 2. The topological polar surface area (TPSA) is 49.4 Å². The summed E-state index contributed by atoms with van der Waals surface area (Å²) in [7, 11) is 0. The fourth-order valence-electron chi connectivity index (χ4n) is 1.98. The van der Waals surface area contributed by atoms with Crippen molar-refractivity contribution in [3.8, 4) is 0 Å². The Morgan fingerprint density at radius 1 is 1.29 bits per heavy atom. The quantitative estimate of drug-likeness (QED) is 0.570. The van der Waals surface area contributed by atoms with E-state index >= 15 is 0 Å². The van der Waals surface area contributed by atoms with Crippen LogP contribution in [0.1, 0.15) is 20.8 Å². The highest BCUT2D eigenvalue weighted by atomic mass is 79.9. The van der Waals surface area contributed by atoms with Gasteiger partial charge in [-0.25, -0.2) is 0 Å². The van der Waals surface area contributed by atoms with Gasteiger partial charge in [-0.3, -0.25) is 15.0 Å². The number of aryl methyl sites for hydroxylation is 1. The standard InChI is InChI=1S/C16H11BrN2O2S3/c1-9-6-7-23-12(9)8-13-15(21)19(16(22)24-13)18-14(20)10-2-4-11(17)5-3-10/h2-8H,1H3,(H,18,20)/b13-8+. The van der Waals surface area contributed by atoms with Gasteiger partial charge in [0.25, 0.3) is 11.8 Å². The molecule has 1 aromatic heterocycles. The number of thiocarbonyl (C=S) groups is 1. The van der Waals surface area contributed by atoms with Crippen LogP contribution in [-0.4, -0.2) is 21.1 Å². The third-order valence-electron chi connectivity index (χ3n) is 3.28. The molecule has 0 radical (unpaired) electrons. The van der Waals surface area contributed by atoms with Crippen LogP contribution in [0.3, 0.4) is 0 Å². The number of halogens is 1. The van der Waals surface area contributed by atoms with Crippen LogP contribution in [0.5, 0.6) is 0 Å². The Balaban J connectivity index is 1.77. The van der Waals surface area contributed by atoms with Crippen LogP contribution >= 0.6 is 51.2 Å². The summed E-state index contributed by atoms with van der Waals surface area (Å²) in [5, 5.41) is 3.09. The van der Waals surface area contributed by atoms with E-state index in [0.29, 0.717) is 14.8 Å². The van der Waals surface area contributed by atoms with E-state index < -0.39 is 0 Å². The number of rotatable bonds is 3. The van der Waals surface area contributed by atoms with Crippen molar-refractivity contribution in [2.45, 2.75) is 6.92 Å². The second-order valence-corrected chi connectivity index (χ2v) is 8.47. The Morgan fingerprint density at radius 3 is 2.62 bits per heavy atom. The minimum absolute atomic E-state index is 0.311. The smallest absolute Gasteiger partial charge is 0.267 e. The molecule has 0 aliphatic carbocycles. The zero-order valence-corrected chi connectivity index (χ0v) is 16.4. The summed E-state index contributed by atoms with van der Waals surface area (Å²) in [5.41, 5.74) is 4.12. The predicted molar refractivity (Wildman–Crippen MR) is 106 cm³/mol. The molecule has 122 valence electrons. The number of thioether (sulfide) groups is 1. The molecule has 1 aliphatic rings. The van der Waals surface area contributed by atoms with Gasteiger partial charge in [-0.1, -0.05) is 27.7 Å². The third kappa shape index (κ3) is 3.61. The highest BCUT2D eigenvalue weighted by Gasteiger charge is 2.33. The average molecular weight is 439 g/mol. The van der Waals surface area contributed by atoms with Crippen LogP contribution in [-0.2, 0) is 4.79 Å². The Kier molecular flexibility index (Phi) is 5.19. The first-order valence-electron chi connectivity index (χ1n) is 6.84. The molecule has 1 aliphatic heterocycles. The van der Waals surface area contributed by atoms with Gasteiger partial charge >= 0.3 is 0 Å². The molecule has 1 N–H and O–H groups in total. The van der Waals surface area contributed by atoms with E-state index in [1.165, 1.54) is 11.8 Å². The molecule has 1 aromatic carbocycles. The summed E-state index contributed by atoms with van der Waals surface area (Å²) in [4.78, 5) is 26.3. The van der Waals surface area contributed by atoms with Crippen LogP contribution in [0.4, 0.5) is 0 Å². The second kappa shape index (κ2) is 7.18. The molecule has 0 saturated carbocycles. The van der Waals surface area contributed by atoms with E-state index in [9.17, 15) is 9.59 Å². The minimum Gasteiger partial charge on any atom is -0.267 e. The van der Waals surface area contributed by atoms with Crippen molar-refractivity contribution < 1.29 is 9.59 Å². The second-order valence-electron chi connectivity index (χ2n) is 4.93. The zero-order valence-electron chi connectivity index (χ0n) is 12.4. The van der Waals surface area contributed by atoms with Crippen molar-refractivity contribution in [2.24, 2.45) is 0 Å². The van der Waals surface area contributed by atoms with E-state index in [1.807, 2.05) is 24.4 Å². The van der Waals surface area contributed by atoms with E-state index in [0.717, 1.165) is 19.9 Å². The van der Waals surface area contributed by atoms with E-state index in [-0.39, 0.29) is 11.8 Å². The summed E-state index contributed by atoms with van der Waals surface area (Å²) in [5.74, 6) is -0.699. The first-order valence-corrected chi connectivity index (χ1v) is 9.74. The van der Waals surface area contributed by atoms with Gasteiger partial charge in [-0.15, -0.1) is 11.3 Å². The number of hydrazine groups is 1. The summed E-state index contributed by atoms with van der Waals surface area (Å²) in [6.07, 6.45) is 1.81. The molecule has 2 amide bonds. The number of nitrogens with one attached hydrogen (secondary N) is 1. The van der Waals surface area contributed by atoms with Gasteiger partial charge in [0, 0.05) is 14.9 Å². The van der Waals surface area contributed by atoms with Gasteiger partial charge < -0.3 is 0 Å². The summed E-state index contributed by atoms with van der Waals surface area (Å²) >= 11 is 11.3. The van der Waals surface area contributed by atoms with Gasteiger partial charge in [-0.05, 0) is 66.5 Å². The Labute approximate surface area is 161 Å². The Morgan fingerprint density at radius 2 is 2.00 bits per heavy atom. The van der Waals surface area contributed by atoms with Crippen molar-refractivity contribution in [1.29, 1.82) is 0 Å². The number of hydrogen-bond acceptors (Lipinski definition) is 5. The molecule has 8 heteroatoms. The molecule has 0 spiro atoms. The van der Waals surface area contributed by atoms with Gasteiger partial charge in [0.15, 0.2) is 4.32 Å². The van der Waals surface area contributed by atoms with E-state index in [2.05, 4.69) is 21.4 Å². The third-order valence-corrected chi connectivity index (χ3v) is 6.07. The Bertz CT molecular complexity index is 858. The highest BCUT2D eigenvalue weighted by Crippen LogP contribution is 2.33. The molecule has 1 fully saturated rings. The zero-order chi connectivity index (χ0) is 17.3. The maximum Gasteiger partial charge on any atom is 0.285 e. The molecular weight excluding hydrogens is 428 g/mol. The molecule has 24 heavy (non-hydrogen) atoms. The van der Waals surface area contributed by atoms with E-state index in [1.54, 1.807) is 35.6 Å². The number of benzene rings is 1. The summed E-state index contributed by atoms with van der Waals surface area (Å²) < 4.78 is 1.19. The minimum atomic E-state index is -0.382. The molecule has 2 heterocycles. The number of thiophene rings is 1. The molecule has 4 nitrogen and oxygen atoms in total. The van der Waals surface area contributed by atoms with Crippen LogP contribution in [0.2, 0.25) is 0 Å². The lowest BCUT2D eigenvalue weighted by Crippen LogP contribution is -2.44. The fourth-order valence-corrected chi connectivity index (χ4v) is 4.34. The number of amides is 2. The van der Waals surface area contributed by atoms with Crippen molar-refractivity contribution in [3.05, 3.63) is 61.1 Å². The molecule has 1 saturated heterocycles. The van der Waals surface area contributed by atoms with Crippen LogP contribution < -0.4 is 5.43 Å². The largest absolute Gasteiger partial charge is 0.285 e. The van der Waals surface area contributed by atoms with Crippen molar-refractivity contribution in [2.75, 3.05) is 0 Å². The fraction of sp³-hybridized carbons (Fsp3) is 0.0625. The van der Waals surface area contributed by atoms with Crippen LogP contribution in [0.15, 0.2) is 45.1 Å². The number of nitrogens with zero attached hydrogens (tertiary/aromatic N) is 1. The summed E-state index contributed by atoms with van der Waals surface area (Å²) in [6.45, 7) is 1.98. The molecule has 2 aromatic rings. The first kappa shape index (κ1) is 17.3. The number of carbonyl (C=O) groups excluding carboxylic acids is 2. The van der Waals surface area contributed by atoms with E-state index in [4.69, 9.17) is 12.2 Å². The van der Waals surface area contributed by atoms with Gasteiger partial charge in [-0.2, -0.15) is 5.01 Å². The number of hydrogen-bond donors (Lipinski definition) is 1. The maximum atomic E-state index is 12.5. The molecule has 0 unspecified atom stereocenters. The Hall–Kier alpha value is -1.48. The van der Waals surface area contributed by atoms with Crippen molar-refractivity contribution in [1.82, 2.24) is 10.4 Å². The van der Waals surface area contributed by atoms with Crippen LogP contribution in [0.25, 0.3) is 6.08 Å². The lowest BCUT2D eigenvalue weighted by atomic mass is 10.2. The predicted octanol–water partition coefficient (Wildman–Crippen LogP) is 4.37. The molecular formula is C16H11BrN2O2S3. The normalized spacial score (nSPS) is 16.1. The molecule has 0 atom stereocenters. The highest BCUT2D eigenvalue weighted by molar-refractivity contribution is 9.10. The van der Waals surface area contributed by atoms with Crippen molar-refractivity contribution >= 4 is 73.5 Å². The van der Waals surface area contributed by atoms with Crippen molar-refractivity contribution in [3.63, 3.8) is 0 Å².